The third-order valence-electron chi connectivity index (χ3n) is 0.711. The lowest BCUT2D eigenvalue weighted by molar-refractivity contribution is -0.122. The standard InChI is InChI=1S/C5H9NO2S/c1-4(7)6-2-5(8)3-9/h9H,2-3H2,1H3,(H,6,7). The molecule has 0 aliphatic rings. The Morgan fingerprint density at radius 3 is 2.44 bits per heavy atom. The van der Waals surface area contributed by atoms with Gasteiger partial charge in [-0.25, -0.2) is 0 Å². The van der Waals surface area contributed by atoms with Crippen LogP contribution < -0.4 is 5.32 Å². The van der Waals surface area contributed by atoms with Gasteiger partial charge in [0.05, 0.1) is 12.3 Å². The molecule has 0 aromatic heterocycles. The van der Waals surface area contributed by atoms with Crippen LogP contribution in [0.2, 0.25) is 0 Å². The van der Waals surface area contributed by atoms with Crippen molar-refractivity contribution >= 4 is 24.3 Å². The van der Waals surface area contributed by atoms with Crippen molar-refractivity contribution in [2.24, 2.45) is 0 Å². The third-order valence-corrected chi connectivity index (χ3v) is 1.06. The summed E-state index contributed by atoms with van der Waals surface area (Å²) in [7, 11) is 0. The predicted molar refractivity (Wildman–Crippen MR) is 37.5 cm³/mol. The highest BCUT2D eigenvalue weighted by Crippen LogP contribution is 1.74. The molecule has 4 heteroatoms. The highest BCUT2D eigenvalue weighted by atomic mass is 32.1. The maximum absolute atomic E-state index is 10.4. The average Bonchev–Trinajstić information content (AvgIpc) is 1.83. The fourth-order valence-corrected chi connectivity index (χ4v) is 0.391. The number of hydrogen-bond donors (Lipinski definition) is 2. The summed E-state index contributed by atoms with van der Waals surface area (Å²) in [4.78, 5) is 20.6. The van der Waals surface area contributed by atoms with Crippen molar-refractivity contribution in [3.8, 4) is 0 Å². The highest BCUT2D eigenvalue weighted by Gasteiger charge is 1.97. The maximum Gasteiger partial charge on any atom is 0.217 e. The first-order valence-electron chi connectivity index (χ1n) is 2.54. The summed E-state index contributed by atoms with van der Waals surface area (Å²) in [5, 5.41) is 2.36. The summed E-state index contributed by atoms with van der Waals surface area (Å²) in [6, 6.07) is 0. The summed E-state index contributed by atoms with van der Waals surface area (Å²) in [6.07, 6.45) is 0. The van der Waals surface area contributed by atoms with Gasteiger partial charge >= 0.3 is 0 Å². The molecule has 0 aromatic rings. The molecule has 0 rings (SSSR count). The Morgan fingerprint density at radius 1 is 1.56 bits per heavy atom. The number of carbonyl (C=O) groups is 2. The largest absolute Gasteiger partial charge is 0.349 e. The first kappa shape index (κ1) is 8.49. The van der Waals surface area contributed by atoms with Gasteiger partial charge in [0.1, 0.15) is 0 Å². The monoisotopic (exact) mass is 147 g/mol. The van der Waals surface area contributed by atoms with Gasteiger partial charge in [-0.2, -0.15) is 12.6 Å². The lowest BCUT2D eigenvalue weighted by atomic mass is 10.4. The van der Waals surface area contributed by atoms with E-state index in [0.717, 1.165) is 0 Å². The number of amides is 1. The SMILES string of the molecule is CC(=O)NCC(=O)CS. The summed E-state index contributed by atoms with van der Waals surface area (Å²) < 4.78 is 0. The van der Waals surface area contributed by atoms with Crippen molar-refractivity contribution < 1.29 is 9.59 Å². The number of Topliss-reactive ketones (excluding diaryl/α,β-unsaturated/α-hetero) is 1. The van der Waals surface area contributed by atoms with Crippen molar-refractivity contribution in [1.82, 2.24) is 5.32 Å². The molecule has 0 atom stereocenters. The second kappa shape index (κ2) is 4.38. The Kier molecular flexibility index (Phi) is 4.13. The van der Waals surface area contributed by atoms with Crippen LogP contribution in [0.15, 0.2) is 0 Å². The van der Waals surface area contributed by atoms with Crippen LogP contribution in [-0.4, -0.2) is 24.0 Å². The maximum atomic E-state index is 10.4. The van der Waals surface area contributed by atoms with Crippen LogP contribution in [0.4, 0.5) is 0 Å². The van der Waals surface area contributed by atoms with Crippen LogP contribution in [0.3, 0.4) is 0 Å². The fraction of sp³-hybridized carbons (Fsp3) is 0.600. The Bertz CT molecular complexity index is 124. The second-order valence-electron chi connectivity index (χ2n) is 1.61. The quantitative estimate of drug-likeness (QED) is 0.535. The smallest absolute Gasteiger partial charge is 0.217 e. The topological polar surface area (TPSA) is 46.2 Å². The van der Waals surface area contributed by atoms with Crippen molar-refractivity contribution in [2.45, 2.75) is 6.92 Å². The van der Waals surface area contributed by atoms with Crippen LogP contribution >= 0.6 is 12.6 Å². The number of nitrogens with one attached hydrogen (secondary N) is 1. The zero-order valence-corrected chi connectivity index (χ0v) is 6.07. The summed E-state index contributed by atoms with van der Waals surface area (Å²) in [6.45, 7) is 1.46. The van der Waals surface area contributed by atoms with E-state index in [0.29, 0.717) is 0 Å². The van der Waals surface area contributed by atoms with E-state index in [-0.39, 0.29) is 24.0 Å². The minimum Gasteiger partial charge on any atom is -0.349 e. The molecular weight excluding hydrogens is 138 g/mol. The number of carbonyl (C=O) groups excluding carboxylic acids is 2. The first-order valence-corrected chi connectivity index (χ1v) is 3.17. The summed E-state index contributed by atoms with van der Waals surface area (Å²) in [5.41, 5.74) is 0. The van der Waals surface area contributed by atoms with E-state index in [1.807, 2.05) is 0 Å². The van der Waals surface area contributed by atoms with Gasteiger partial charge < -0.3 is 5.32 Å². The number of thiol groups is 1. The van der Waals surface area contributed by atoms with E-state index in [1.54, 1.807) is 0 Å². The molecule has 0 aliphatic heterocycles. The molecular formula is C5H9NO2S. The molecule has 0 unspecified atom stereocenters. The van der Waals surface area contributed by atoms with E-state index in [9.17, 15) is 9.59 Å². The van der Waals surface area contributed by atoms with Crippen LogP contribution in [0.1, 0.15) is 6.92 Å². The fourth-order valence-electron chi connectivity index (χ4n) is 0.279. The second-order valence-corrected chi connectivity index (χ2v) is 1.92. The zero-order chi connectivity index (χ0) is 7.28. The molecule has 1 amide bonds. The zero-order valence-electron chi connectivity index (χ0n) is 5.18. The van der Waals surface area contributed by atoms with Gasteiger partial charge in [0, 0.05) is 6.92 Å². The Balaban J connectivity index is 3.28. The summed E-state index contributed by atoms with van der Waals surface area (Å²) >= 11 is 3.72. The van der Waals surface area contributed by atoms with Crippen LogP contribution in [-0.2, 0) is 9.59 Å². The van der Waals surface area contributed by atoms with E-state index in [1.165, 1.54) is 6.92 Å². The van der Waals surface area contributed by atoms with E-state index < -0.39 is 0 Å². The van der Waals surface area contributed by atoms with Gasteiger partial charge in [-0.05, 0) is 0 Å². The van der Waals surface area contributed by atoms with E-state index >= 15 is 0 Å². The Labute approximate surface area is 59.2 Å². The molecule has 0 aliphatic carbocycles. The Morgan fingerprint density at radius 2 is 2.11 bits per heavy atom. The molecule has 9 heavy (non-hydrogen) atoms. The van der Waals surface area contributed by atoms with Gasteiger partial charge in [-0.15, -0.1) is 0 Å². The van der Waals surface area contributed by atoms with Crippen LogP contribution in [0.5, 0.6) is 0 Å². The van der Waals surface area contributed by atoms with Crippen molar-refractivity contribution in [3.05, 3.63) is 0 Å². The molecule has 3 nitrogen and oxygen atoms in total. The van der Waals surface area contributed by atoms with Crippen molar-refractivity contribution in [1.29, 1.82) is 0 Å². The molecule has 0 heterocycles. The lowest BCUT2D eigenvalue weighted by Crippen LogP contribution is -2.27. The molecule has 1 N–H and O–H groups in total. The van der Waals surface area contributed by atoms with E-state index in [4.69, 9.17) is 0 Å². The van der Waals surface area contributed by atoms with Gasteiger partial charge in [0.25, 0.3) is 0 Å². The molecule has 0 saturated heterocycles. The van der Waals surface area contributed by atoms with E-state index in [2.05, 4.69) is 17.9 Å². The van der Waals surface area contributed by atoms with Gasteiger partial charge in [0.2, 0.25) is 5.91 Å². The van der Waals surface area contributed by atoms with Crippen molar-refractivity contribution in [2.75, 3.05) is 12.3 Å². The lowest BCUT2D eigenvalue weighted by Gasteiger charge is -1.95. The molecule has 0 radical (unpaired) electrons. The average molecular weight is 147 g/mol. The molecule has 52 valence electrons. The minimum atomic E-state index is -0.190. The summed E-state index contributed by atoms with van der Waals surface area (Å²) in [5.74, 6) is -0.0843. The first-order chi connectivity index (χ1) is 4.16. The van der Waals surface area contributed by atoms with Crippen LogP contribution in [0, 0.1) is 0 Å². The van der Waals surface area contributed by atoms with Gasteiger partial charge in [-0.1, -0.05) is 0 Å². The van der Waals surface area contributed by atoms with Crippen LogP contribution in [0.25, 0.3) is 0 Å². The minimum absolute atomic E-state index is 0.0754. The number of hydrogen-bond acceptors (Lipinski definition) is 3. The molecule has 0 bridgehead atoms. The normalized spacial score (nSPS) is 8.67. The molecule has 0 spiro atoms. The van der Waals surface area contributed by atoms with Gasteiger partial charge in [0.15, 0.2) is 5.78 Å². The number of ketones is 1. The molecule has 0 saturated carbocycles. The van der Waals surface area contributed by atoms with Crippen molar-refractivity contribution in [3.63, 3.8) is 0 Å². The third kappa shape index (κ3) is 5.36. The molecule has 0 fully saturated rings. The predicted octanol–water partition coefficient (Wildman–Crippen LogP) is -0.379. The highest BCUT2D eigenvalue weighted by molar-refractivity contribution is 7.81. The number of rotatable bonds is 3. The Hall–Kier alpha value is -0.510. The van der Waals surface area contributed by atoms with Gasteiger partial charge in [-0.3, -0.25) is 9.59 Å². The molecule has 0 aromatic carbocycles.